The third-order valence-corrected chi connectivity index (χ3v) is 3.78. The van der Waals surface area contributed by atoms with Crippen molar-refractivity contribution in [2.45, 2.75) is 46.2 Å². The molecular weight excluding hydrogens is 451 g/mol. The normalized spacial score (nSPS) is 11.8. The molecule has 1 heterocycles. The first-order valence-electron chi connectivity index (χ1n) is 8.11. The lowest BCUT2D eigenvalue weighted by molar-refractivity contribution is 0.379. The fourth-order valence-electron chi connectivity index (χ4n) is 2.03. The van der Waals surface area contributed by atoms with E-state index >= 15 is 0 Å². The molecule has 0 radical (unpaired) electrons. The molecule has 0 saturated carbocycles. The molecule has 25 heavy (non-hydrogen) atoms. The van der Waals surface area contributed by atoms with Gasteiger partial charge in [-0.05, 0) is 18.6 Å². The minimum Gasteiger partial charge on any atom is -0.443 e. The quantitative estimate of drug-likeness (QED) is 0.379. The van der Waals surface area contributed by atoms with Gasteiger partial charge in [-0.1, -0.05) is 50.6 Å². The van der Waals surface area contributed by atoms with E-state index in [1.165, 1.54) is 0 Å². The molecule has 1 aromatic carbocycles. The Labute approximate surface area is 171 Å². The van der Waals surface area contributed by atoms with Crippen molar-refractivity contribution in [2.24, 2.45) is 4.99 Å². The highest BCUT2D eigenvalue weighted by Crippen LogP contribution is 2.22. The molecule has 7 heteroatoms. The van der Waals surface area contributed by atoms with Gasteiger partial charge in [0.2, 0.25) is 5.89 Å². The van der Waals surface area contributed by atoms with Crippen molar-refractivity contribution in [1.82, 2.24) is 15.6 Å². The Bertz CT molecular complexity index is 694. The van der Waals surface area contributed by atoms with E-state index in [0.717, 1.165) is 22.9 Å². The molecule has 5 nitrogen and oxygen atoms in total. The predicted molar refractivity (Wildman–Crippen MR) is 114 cm³/mol. The molecule has 0 spiro atoms. The number of halogens is 2. The zero-order valence-electron chi connectivity index (χ0n) is 15.1. The minimum absolute atomic E-state index is 0. The van der Waals surface area contributed by atoms with Gasteiger partial charge < -0.3 is 15.1 Å². The van der Waals surface area contributed by atoms with Gasteiger partial charge >= 0.3 is 0 Å². The van der Waals surface area contributed by atoms with Crippen LogP contribution in [0, 0.1) is 0 Å². The lowest BCUT2D eigenvalue weighted by Crippen LogP contribution is -2.36. The molecule has 1 aromatic heterocycles. The monoisotopic (exact) mass is 476 g/mol. The first-order valence-corrected chi connectivity index (χ1v) is 8.48. The third-order valence-electron chi connectivity index (χ3n) is 3.41. The van der Waals surface area contributed by atoms with E-state index < -0.39 is 0 Å². The molecule has 0 atom stereocenters. The summed E-state index contributed by atoms with van der Waals surface area (Å²) in [5.41, 5.74) is 0.941. The van der Waals surface area contributed by atoms with Crippen molar-refractivity contribution in [3.8, 4) is 0 Å². The lowest BCUT2D eigenvalue weighted by atomic mass is 9.94. The highest BCUT2D eigenvalue weighted by Gasteiger charge is 2.19. The molecule has 0 aliphatic heterocycles. The molecule has 2 rings (SSSR count). The van der Waals surface area contributed by atoms with E-state index in [2.05, 4.69) is 41.4 Å². The van der Waals surface area contributed by atoms with Gasteiger partial charge in [0.05, 0.1) is 19.3 Å². The second-order valence-corrected chi connectivity index (χ2v) is 6.92. The number of aromatic nitrogens is 1. The summed E-state index contributed by atoms with van der Waals surface area (Å²) in [5.74, 6) is 2.22. The molecule has 0 aliphatic rings. The molecule has 2 N–H and O–H groups in total. The Morgan fingerprint density at radius 1 is 1.24 bits per heavy atom. The number of oxazole rings is 1. The van der Waals surface area contributed by atoms with Crippen LogP contribution < -0.4 is 10.6 Å². The maximum absolute atomic E-state index is 6.17. The van der Waals surface area contributed by atoms with Crippen molar-refractivity contribution in [2.75, 3.05) is 6.54 Å². The summed E-state index contributed by atoms with van der Waals surface area (Å²) in [6, 6.07) is 7.71. The average Bonchev–Trinajstić information content (AvgIpc) is 3.00. The number of guanidine groups is 1. The number of rotatable bonds is 5. The van der Waals surface area contributed by atoms with Crippen LogP contribution in [0.1, 0.15) is 44.9 Å². The molecule has 2 aromatic rings. The third kappa shape index (κ3) is 6.86. The number of hydrogen-bond acceptors (Lipinski definition) is 3. The maximum Gasteiger partial charge on any atom is 0.213 e. The number of nitrogens with zero attached hydrogens (tertiary/aromatic N) is 2. The number of nitrogens with one attached hydrogen (secondary N) is 2. The molecule has 0 fully saturated rings. The van der Waals surface area contributed by atoms with Crippen LogP contribution in [0.3, 0.4) is 0 Å². The van der Waals surface area contributed by atoms with Gasteiger partial charge in [0, 0.05) is 17.0 Å². The minimum atomic E-state index is -0.0477. The average molecular weight is 477 g/mol. The van der Waals surface area contributed by atoms with Gasteiger partial charge in [0.15, 0.2) is 5.96 Å². The van der Waals surface area contributed by atoms with E-state index in [4.69, 9.17) is 16.0 Å². The standard InChI is InChI=1S/C18H25ClN4O.HI/c1-5-20-17(22-10-13-8-6-7-9-14(13)19)23-12-16-21-11-15(24-16)18(2,3)4;/h6-9,11H,5,10,12H2,1-4H3,(H2,20,22,23);1H. The molecule has 0 saturated heterocycles. The van der Waals surface area contributed by atoms with Gasteiger partial charge in [-0.3, -0.25) is 0 Å². The van der Waals surface area contributed by atoms with E-state index in [-0.39, 0.29) is 29.4 Å². The molecular formula is C18H26ClIN4O. The summed E-state index contributed by atoms with van der Waals surface area (Å²) in [4.78, 5) is 8.87. The first kappa shape index (κ1) is 21.8. The van der Waals surface area contributed by atoms with Crippen LogP contribution in [0.25, 0.3) is 0 Å². The second kappa shape index (κ2) is 10.0. The van der Waals surface area contributed by atoms with Crippen molar-refractivity contribution < 1.29 is 4.42 Å². The SMILES string of the molecule is CCNC(=NCc1ccccc1Cl)NCc1ncc(C(C)(C)C)o1.I. The Balaban J connectivity index is 0.00000312. The maximum atomic E-state index is 6.17. The van der Waals surface area contributed by atoms with E-state index in [1.807, 2.05) is 31.2 Å². The van der Waals surface area contributed by atoms with Crippen LogP contribution in [0.2, 0.25) is 5.02 Å². The number of aliphatic imine (C=N–C) groups is 1. The predicted octanol–water partition coefficient (Wildman–Crippen LogP) is 4.50. The Kier molecular flexibility index (Phi) is 8.71. The Hall–Kier alpha value is -1.28. The first-order chi connectivity index (χ1) is 11.4. The van der Waals surface area contributed by atoms with E-state index in [0.29, 0.717) is 24.9 Å². The van der Waals surface area contributed by atoms with Gasteiger partial charge in [-0.2, -0.15) is 0 Å². The fourth-order valence-corrected chi connectivity index (χ4v) is 2.23. The largest absolute Gasteiger partial charge is 0.443 e. The van der Waals surface area contributed by atoms with Crippen LogP contribution >= 0.6 is 35.6 Å². The highest BCUT2D eigenvalue weighted by atomic mass is 127. The van der Waals surface area contributed by atoms with Crippen molar-refractivity contribution in [3.63, 3.8) is 0 Å². The summed E-state index contributed by atoms with van der Waals surface area (Å²) >= 11 is 6.17. The molecule has 0 aliphatic carbocycles. The van der Waals surface area contributed by atoms with Crippen molar-refractivity contribution >= 4 is 41.5 Å². The van der Waals surface area contributed by atoms with Crippen LogP contribution in [-0.4, -0.2) is 17.5 Å². The topological polar surface area (TPSA) is 62.5 Å². The molecule has 0 bridgehead atoms. The summed E-state index contributed by atoms with van der Waals surface area (Å²) in [5, 5.41) is 7.16. The van der Waals surface area contributed by atoms with Crippen molar-refractivity contribution in [1.29, 1.82) is 0 Å². The highest BCUT2D eigenvalue weighted by molar-refractivity contribution is 14.0. The van der Waals surface area contributed by atoms with Gasteiger partial charge in [0.25, 0.3) is 0 Å². The van der Waals surface area contributed by atoms with E-state index in [9.17, 15) is 0 Å². The Morgan fingerprint density at radius 3 is 2.56 bits per heavy atom. The Morgan fingerprint density at radius 2 is 1.96 bits per heavy atom. The molecule has 0 unspecified atom stereocenters. The lowest BCUT2D eigenvalue weighted by Gasteiger charge is -2.13. The summed E-state index contributed by atoms with van der Waals surface area (Å²) in [7, 11) is 0. The van der Waals surface area contributed by atoms with E-state index in [1.54, 1.807) is 6.20 Å². The summed E-state index contributed by atoms with van der Waals surface area (Å²) in [6.45, 7) is 10.1. The van der Waals surface area contributed by atoms with Crippen LogP contribution in [0.15, 0.2) is 39.9 Å². The van der Waals surface area contributed by atoms with Crippen LogP contribution in [0.4, 0.5) is 0 Å². The summed E-state index contributed by atoms with van der Waals surface area (Å²) in [6.07, 6.45) is 1.78. The van der Waals surface area contributed by atoms with Gasteiger partial charge in [-0.15, -0.1) is 24.0 Å². The molecule has 0 amide bonds. The zero-order valence-corrected chi connectivity index (χ0v) is 18.2. The second-order valence-electron chi connectivity index (χ2n) is 6.51. The summed E-state index contributed by atoms with van der Waals surface area (Å²) < 4.78 is 5.78. The van der Waals surface area contributed by atoms with Crippen molar-refractivity contribution in [3.05, 3.63) is 52.7 Å². The smallest absolute Gasteiger partial charge is 0.213 e. The zero-order chi connectivity index (χ0) is 17.6. The molecule has 138 valence electrons. The number of benzene rings is 1. The fraction of sp³-hybridized carbons (Fsp3) is 0.444. The van der Waals surface area contributed by atoms with Crippen LogP contribution in [0.5, 0.6) is 0 Å². The number of hydrogen-bond donors (Lipinski definition) is 2. The van der Waals surface area contributed by atoms with Crippen LogP contribution in [-0.2, 0) is 18.5 Å². The van der Waals surface area contributed by atoms with Gasteiger partial charge in [0.1, 0.15) is 5.76 Å². The van der Waals surface area contributed by atoms with Gasteiger partial charge in [-0.25, -0.2) is 9.98 Å².